The van der Waals surface area contributed by atoms with E-state index >= 15 is 0 Å². The quantitative estimate of drug-likeness (QED) is 0.536. The van der Waals surface area contributed by atoms with Crippen LogP contribution >= 0.6 is 0 Å². The van der Waals surface area contributed by atoms with Gasteiger partial charge in [0.1, 0.15) is 28.6 Å². The van der Waals surface area contributed by atoms with Gasteiger partial charge < -0.3 is 20.7 Å². The molecule has 1 saturated heterocycles. The van der Waals surface area contributed by atoms with Crippen molar-refractivity contribution in [2.75, 3.05) is 18.9 Å². The molecule has 1 aromatic carbocycles. The first kappa shape index (κ1) is 22.7. The van der Waals surface area contributed by atoms with Crippen molar-refractivity contribution >= 4 is 17.5 Å². The van der Waals surface area contributed by atoms with E-state index in [-0.39, 0.29) is 36.0 Å². The van der Waals surface area contributed by atoms with Crippen LogP contribution in [-0.2, 0) is 22.4 Å². The Labute approximate surface area is 192 Å². The topological polar surface area (TPSA) is 139 Å². The number of ether oxygens (including phenoxy) is 1. The second kappa shape index (κ2) is 9.58. The lowest BCUT2D eigenvalue weighted by Crippen LogP contribution is -2.15. The van der Waals surface area contributed by atoms with Crippen molar-refractivity contribution in [1.29, 1.82) is 0 Å². The Morgan fingerprint density at radius 2 is 1.85 bits per heavy atom. The monoisotopic (exact) mass is 451 g/mol. The zero-order valence-electron chi connectivity index (χ0n) is 18.9. The predicted molar refractivity (Wildman–Crippen MR) is 123 cm³/mol. The van der Waals surface area contributed by atoms with E-state index in [4.69, 9.17) is 20.7 Å². The standard InChI is InChI=1S/C24H29N5O4/c1-14(2)29-23(25)21(24(26)31)22(27-29)17-5-3-15(4-6-17)11-19(30)12-18-13-20(33-28-18)16-7-9-32-10-8-16/h3-6,13-14,16H,7-12,25H2,1-2H3,(H2,26,31). The number of Topliss-reactive ketones (excluding diaryl/α,β-unsaturated/α-hetero) is 1. The minimum absolute atomic E-state index is 0.0164. The van der Waals surface area contributed by atoms with Gasteiger partial charge >= 0.3 is 0 Å². The van der Waals surface area contributed by atoms with E-state index in [2.05, 4.69) is 10.3 Å². The van der Waals surface area contributed by atoms with Crippen molar-refractivity contribution in [3.05, 3.63) is 52.9 Å². The molecule has 9 nitrogen and oxygen atoms in total. The minimum atomic E-state index is -0.624. The van der Waals surface area contributed by atoms with Crippen LogP contribution in [0.2, 0.25) is 0 Å². The lowest BCUT2D eigenvalue weighted by atomic mass is 9.96. The third kappa shape index (κ3) is 4.98. The molecule has 1 aliphatic rings. The fraction of sp³-hybridized carbons (Fsp3) is 0.417. The summed E-state index contributed by atoms with van der Waals surface area (Å²) in [6.45, 7) is 5.30. The van der Waals surface area contributed by atoms with Crippen LogP contribution < -0.4 is 11.5 Å². The number of anilines is 1. The normalized spacial score (nSPS) is 14.6. The van der Waals surface area contributed by atoms with E-state index in [0.717, 1.165) is 37.4 Å². The highest BCUT2D eigenvalue weighted by Crippen LogP contribution is 2.30. The number of nitrogens with two attached hydrogens (primary N) is 2. The van der Waals surface area contributed by atoms with Gasteiger partial charge in [-0.2, -0.15) is 5.10 Å². The lowest BCUT2D eigenvalue weighted by molar-refractivity contribution is -0.117. The molecule has 0 radical (unpaired) electrons. The molecule has 0 unspecified atom stereocenters. The van der Waals surface area contributed by atoms with E-state index in [1.54, 1.807) is 4.68 Å². The maximum absolute atomic E-state index is 12.6. The molecule has 1 fully saturated rings. The van der Waals surface area contributed by atoms with Gasteiger partial charge in [-0.05, 0) is 32.3 Å². The first-order valence-corrected chi connectivity index (χ1v) is 11.2. The average molecular weight is 452 g/mol. The van der Waals surface area contributed by atoms with Crippen LogP contribution in [0.25, 0.3) is 11.3 Å². The SMILES string of the molecule is CC(C)n1nc(-c2ccc(CC(=O)Cc3cc(C4CCOCC4)on3)cc2)c(C(N)=O)c1N. The molecule has 4 rings (SSSR count). The summed E-state index contributed by atoms with van der Waals surface area (Å²) >= 11 is 0. The molecule has 9 heteroatoms. The van der Waals surface area contributed by atoms with Crippen molar-refractivity contribution < 1.29 is 18.8 Å². The number of hydrogen-bond donors (Lipinski definition) is 2. The number of benzene rings is 1. The third-order valence-corrected chi connectivity index (χ3v) is 5.89. The van der Waals surface area contributed by atoms with Gasteiger partial charge in [-0.1, -0.05) is 29.4 Å². The Kier molecular flexibility index (Phi) is 6.60. The fourth-order valence-corrected chi connectivity index (χ4v) is 4.14. The van der Waals surface area contributed by atoms with Gasteiger partial charge in [-0.15, -0.1) is 0 Å². The maximum Gasteiger partial charge on any atom is 0.254 e. The summed E-state index contributed by atoms with van der Waals surface area (Å²) in [6, 6.07) is 9.20. The van der Waals surface area contributed by atoms with Crippen LogP contribution in [-0.4, -0.2) is 39.8 Å². The summed E-state index contributed by atoms with van der Waals surface area (Å²) in [7, 11) is 0. The molecule has 0 bridgehead atoms. The van der Waals surface area contributed by atoms with Crippen molar-refractivity contribution in [1.82, 2.24) is 14.9 Å². The number of carbonyl (C=O) groups is 2. The number of primary amides is 1. The number of carbonyl (C=O) groups excluding carboxylic acids is 2. The van der Waals surface area contributed by atoms with Crippen LogP contribution in [0.3, 0.4) is 0 Å². The molecule has 0 aliphatic carbocycles. The summed E-state index contributed by atoms with van der Waals surface area (Å²) in [5.41, 5.74) is 14.5. The molecule has 0 atom stereocenters. The van der Waals surface area contributed by atoms with Crippen LogP contribution in [0.1, 0.15) is 66.0 Å². The number of nitrogens with zero attached hydrogens (tertiary/aromatic N) is 3. The molecule has 33 heavy (non-hydrogen) atoms. The molecule has 3 heterocycles. The highest BCUT2D eigenvalue weighted by molar-refractivity contribution is 6.03. The summed E-state index contributed by atoms with van der Waals surface area (Å²) in [5, 5.41) is 8.56. The number of amides is 1. The fourth-order valence-electron chi connectivity index (χ4n) is 4.14. The molecular weight excluding hydrogens is 422 g/mol. The highest BCUT2D eigenvalue weighted by Gasteiger charge is 2.23. The second-order valence-electron chi connectivity index (χ2n) is 8.71. The molecule has 4 N–H and O–H groups in total. The van der Waals surface area contributed by atoms with Gasteiger partial charge in [0.2, 0.25) is 0 Å². The molecule has 1 aliphatic heterocycles. The Morgan fingerprint density at radius 1 is 1.15 bits per heavy atom. The minimum Gasteiger partial charge on any atom is -0.383 e. The maximum atomic E-state index is 12.6. The summed E-state index contributed by atoms with van der Waals surface area (Å²) in [4.78, 5) is 24.6. The molecule has 174 valence electrons. The number of hydrogen-bond acceptors (Lipinski definition) is 7. The Balaban J connectivity index is 1.43. The summed E-state index contributed by atoms with van der Waals surface area (Å²) < 4.78 is 12.4. The van der Waals surface area contributed by atoms with Crippen LogP contribution in [0.5, 0.6) is 0 Å². The van der Waals surface area contributed by atoms with Crippen LogP contribution in [0.15, 0.2) is 34.9 Å². The van der Waals surface area contributed by atoms with Crippen LogP contribution in [0.4, 0.5) is 5.82 Å². The molecular formula is C24H29N5O4. The van der Waals surface area contributed by atoms with Gasteiger partial charge in [0.15, 0.2) is 0 Å². The number of nitrogen functional groups attached to an aromatic ring is 1. The zero-order valence-corrected chi connectivity index (χ0v) is 18.9. The highest BCUT2D eigenvalue weighted by atomic mass is 16.5. The van der Waals surface area contributed by atoms with Gasteiger partial charge in [0.25, 0.3) is 5.91 Å². The van der Waals surface area contributed by atoms with E-state index < -0.39 is 5.91 Å². The first-order chi connectivity index (χ1) is 15.8. The lowest BCUT2D eigenvalue weighted by Gasteiger charge is -2.18. The Bertz CT molecular complexity index is 1140. The van der Waals surface area contributed by atoms with Crippen LogP contribution in [0, 0.1) is 0 Å². The average Bonchev–Trinajstić information content (AvgIpc) is 3.39. The van der Waals surface area contributed by atoms with Gasteiger partial charge in [-0.3, -0.25) is 9.59 Å². The largest absolute Gasteiger partial charge is 0.383 e. The van der Waals surface area contributed by atoms with Gasteiger partial charge in [0.05, 0.1) is 12.1 Å². The van der Waals surface area contributed by atoms with E-state index in [1.165, 1.54) is 0 Å². The predicted octanol–water partition coefficient (Wildman–Crippen LogP) is 3.05. The number of aromatic nitrogens is 3. The summed E-state index contributed by atoms with van der Waals surface area (Å²) in [5.74, 6) is 0.804. The van der Waals surface area contributed by atoms with Crippen molar-refractivity contribution in [2.24, 2.45) is 5.73 Å². The smallest absolute Gasteiger partial charge is 0.254 e. The number of rotatable bonds is 8. The molecule has 3 aromatic rings. The molecule has 1 amide bonds. The Hall–Kier alpha value is -3.46. The molecule has 0 saturated carbocycles. The van der Waals surface area contributed by atoms with Gasteiger partial charge in [-0.25, -0.2) is 4.68 Å². The first-order valence-electron chi connectivity index (χ1n) is 11.2. The number of ketones is 1. The van der Waals surface area contributed by atoms with E-state index in [9.17, 15) is 9.59 Å². The molecule has 0 spiro atoms. The third-order valence-electron chi connectivity index (χ3n) is 5.89. The zero-order chi connectivity index (χ0) is 23.5. The van der Waals surface area contributed by atoms with Gasteiger partial charge in [0, 0.05) is 43.2 Å². The summed E-state index contributed by atoms with van der Waals surface area (Å²) in [6.07, 6.45) is 2.31. The van der Waals surface area contributed by atoms with Crippen molar-refractivity contribution in [3.63, 3.8) is 0 Å². The van der Waals surface area contributed by atoms with Crippen molar-refractivity contribution in [2.45, 2.75) is 51.5 Å². The Morgan fingerprint density at radius 3 is 2.48 bits per heavy atom. The molecule has 2 aromatic heterocycles. The van der Waals surface area contributed by atoms with Crippen molar-refractivity contribution in [3.8, 4) is 11.3 Å². The van der Waals surface area contributed by atoms with E-state index in [0.29, 0.717) is 22.9 Å². The second-order valence-corrected chi connectivity index (χ2v) is 8.71. The van der Waals surface area contributed by atoms with E-state index in [1.807, 2.05) is 44.2 Å².